The molecule has 6 heteroatoms. The Morgan fingerprint density at radius 2 is 1.84 bits per heavy atom. The monoisotopic (exact) mass is 348 g/mol. The van der Waals surface area contributed by atoms with E-state index in [2.05, 4.69) is 5.32 Å². The molecule has 1 amide bonds. The molecule has 1 atom stereocenters. The predicted molar refractivity (Wildman–Crippen MR) is 89.8 cm³/mol. The number of hydrogen-bond acceptors (Lipinski definition) is 2. The van der Waals surface area contributed by atoms with Gasteiger partial charge in [0.25, 0.3) is 0 Å². The summed E-state index contributed by atoms with van der Waals surface area (Å²) in [5.41, 5.74) is 1.41. The number of benzene rings is 2. The van der Waals surface area contributed by atoms with Crippen molar-refractivity contribution >= 4 is 11.6 Å². The molecule has 25 heavy (non-hydrogen) atoms. The van der Waals surface area contributed by atoms with Crippen LogP contribution < -0.4 is 10.2 Å². The molecule has 2 aromatic carbocycles. The Kier molecular flexibility index (Phi) is 5.26. The van der Waals surface area contributed by atoms with Crippen molar-refractivity contribution in [3.05, 3.63) is 65.5 Å². The number of carbonyl (C=O) groups excluding carboxylic acids is 1. The fraction of sp³-hybridized carbons (Fsp3) is 0.316. The van der Waals surface area contributed by atoms with E-state index in [0.717, 1.165) is 24.6 Å². The number of nitrogens with one attached hydrogen (secondary N) is 1. The summed E-state index contributed by atoms with van der Waals surface area (Å²) < 4.78 is 39.2. The number of carbonyl (C=O) groups is 1. The molecular weight excluding hydrogens is 329 g/mol. The molecule has 1 fully saturated rings. The lowest BCUT2D eigenvalue weighted by molar-refractivity contribution is -0.120. The highest BCUT2D eigenvalue weighted by Gasteiger charge is 2.23. The Balaban J connectivity index is 1.47. The Morgan fingerprint density at radius 3 is 2.56 bits per heavy atom. The van der Waals surface area contributed by atoms with Crippen LogP contribution in [0, 0.1) is 23.4 Å². The van der Waals surface area contributed by atoms with Crippen molar-refractivity contribution in [3.8, 4) is 0 Å². The van der Waals surface area contributed by atoms with Crippen LogP contribution in [0.1, 0.15) is 12.0 Å². The highest BCUT2D eigenvalue weighted by molar-refractivity contribution is 5.78. The molecule has 3 rings (SSSR count). The first kappa shape index (κ1) is 17.3. The number of amides is 1. The van der Waals surface area contributed by atoms with Gasteiger partial charge in [-0.25, -0.2) is 13.2 Å². The van der Waals surface area contributed by atoms with Gasteiger partial charge in [-0.3, -0.25) is 4.79 Å². The molecule has 0 aromatic heterocycles. The Hall–Kier alpha value is -2.50. The van der Waals surface area contributed by atoms with Crippen LogP contribution in [0.2, 0.25) is 0 Å². The first-order valence-corrected chi connectivity index (χ1v) is 8.22. The third-order valence-electron chi connectivity index (χ3n) is 4.42. The average Bonchev–Trinajstić information content (AvgIpc) is 3.07. The van der Waals surface area contributed by atoms with E-state index < -0.39 is 11.6 Å². The smallest absolute Gasteiger partial charge is 0.224 e. The van der Waals surface area contributed by atoms with Crippen LogP contribution in [0.5, 0.6) is 0 Å². The van der Waals surface area contributed by atoms with Crippen molar-refractivity contribution in [3.63, 3.8) is 0 Å². The third kappa shape index (κ3) is 4.53. The van der Waals surface area contributed by atoms with Crippen LogP contribution in [0.15, 0.2) is 42.5 Å². The fourth-order valence-electron chi connectivity index (χ4n) is 3.02. The summed E-state index contributed by atoms with van der Waals surface area (Å²) in [7, 11) is 0. The van der Waals surface area contributed by atoms with Gasteiger partial charge < -0.3 is 10.2 Å². The van der Waals surface area contributed by atoms with Crippen molar-refractivity contribution in [2.24, 2.45) is 5.92 Å². The zero-order valence-electron chi connectivity index (χ0n) is 13.6. The summed E-state index contributed by atoms with van der Waals surface area (Å²) in [5, 5.41) is 2.89. The molecule has 0 bridgehead atoms. The van der Waals surface area contributed by atoms with E-state index in [4.69, 9.17) is 0 Å². The average molecular weight is 348 g/mol. The molecule has 0 radical (unpaired) electrons. The summed E-state index contributed by atoms with van der Waals surface area (Å²) >= 11 is 0. The van der Waals surface area contributed by atoms with Crippen molar-refractivity contribution in [2.45, 2.75) is 12.8 Å². The van der Waals surface area contributed by atoms with Crippen LogP contribution in [0.3, 0.4) is 0 Å². The van der Waals surface area contributed by atoms with E-state index in [0.29, 0.717) is 18.8 Å². The van der Waals surface area contributed by atoms with E-state index >= 15 is 0 Å². The van der Waals surface area contributed by atoms with Crippen LogP contribution in [-0.2, 0) is 11.2 Å². The summed E-state index contributed by atoms with van der Waals surface area (Å²) in [6.07, 6.45) is 1.08. The van der Waals surface area contributed by atoms with Gasteiger partial charge >= 0.3 is 0 Å². The Morgan fingerprint density at radius 1 is 1.08 bits per heavy atom. The number of hydrogen-bond donors (Lipinski definition) is 1. The number of rotatable bonds is 5. The minimum absolute atomic E-state index is 0.113. The van der Waals surface area contributed by atoms with Gasteiger partial charge in [0.05, 0.1) is 6.42 Å². The van der Waals surface area contributed by atoms with Gasteiger partial charge in [0.2, 0.25) is 5.91 Å². The topological polar surface area (TPSA) is 32.3 Å². The molecule has 1 unspecified atom stereocenters. The zero-order valence-corrected chi connectivity index (χ0v) is 13.6. The van der Waals surface area contributed by atoms with Crippen LogP contribution >= 0.6 is 0 Å². The van der Waals surface area contributed by atoms with Crippen molar-refractivity contribution in [1.29, 1.82) is 0 Å². The lowest BCUT2D eigenvalue weighted by Gasteiger charge is -2.19. The van der Waals surface area contributed by atoms with E-state index in [9.17, 15) is 18.0 Å². The quantitative estimate of drug-likeness (QED) is 0.899. The van der Waals surface area contributed by atoms with Crippen LogP contribution in [0.4, 0.5) is 18.9 Å². The second-order valence-corrected chi connectivity index (χ2v) is 6.31. The molecule has 1 heterocycles. The van der Waals surface area contributed by atoms with Gasteiger partial charge in [0.15, 0.2) is 11.6 Å². The lowest BCUT2D eigenvalue weighted by atomic mass is 10.1. The maximum Gasteiger partial charge on any atom is 0.224 e. The fourth-order valence-corrected chi connectivity index (χ4v) is 3.02. The molecule has 0 spiro atoms. The molecule has 3 nitrogen and oxygen atoms in total. The van der Waals surface area contributed by atoms with Gasteiger partial charge in [-0.1, -0.05) is 12.1 Å². The second-order valence-electron chi connectivity index (χ2n) is 6.31. The van der Waals surface area contributed by atoms with Gasteiger partial charge in [-0.05, 0) is 42.2 Å². The zero-order chi connectivity index (χ0) is 17.8. The first-order valence-electron chi connectivity index (χ1n) is 8.22. The molecule has 1 aliphatic rings. The largest absolute Gasteiger partial charge is 0.371 e. The molecule has 0 aliphatic carbocycles. The summed E-state index contributed by atoms with van der Waals surface area (Å²) in [5.74, 6) is -1.89. The van der Waals surface area contributed by atoms with Crippen LogP contribution in [-0.4, -0.2) is 25.5 Å². The first-order chi connectivity index (χ1) is 12.0. The molecule has 1 saturated heterocycles. The highest BCUT2D eigenvalue weighted by Crippen LogP contribution is 2.25. The van der Waals surface area contributed by atoms with E-state index in [1.807, 2.05) is 4.90 Å². The highest BCUT2D eigenvalue weighted by atomic mass is 19.2. The van der Waals surface area contributed by atoms with Gasteiger partial charge in [-0.15, -0.1) is 0 Å². The number of anilines is 1. The molecular formula is C19H19F3N2O. The molecule has 132 valence electrons. The minimum Gasteiger partial charge on any atom is -0.371 e. The van der Waals surface area contributed by atoms with E-state index in [1.54, 1.807) is 18.2 Å². The lowest BCUT2D eigenvalue weighted by Crippen LogP contribution is -2.32. The van der Waals surface area contributed by atoms with E-state index in [1.165, 1.54) is 18.2 Å². The number of nitrogens with zero attached hydrogens (tertiary/aromatic N) is 1. The maximum atomic E-state index is 13.3. The van der Waals surface area contributed by atoms with Crippen LogP contribution in [0.25, 0.3) is 0 Å². The second kappa shape index (κ2) is 7.59. The summed E-state index contributed by atoms with van der Waals surface area (Å²) in [6, 6.07) is 9.74. The third-order valence-corrected chi connectivity index (χ3v) is 4.42. The van der Waals surface area contributed by atoms with E-state index in [-0.39, 0.29) is 24.1 Å². The van der Waals surface area contributed by atoms with Crippen molar-refractivity contribution in [2.75, 3.05) is 24.5 Å². The Bertz CT molecular complexity index is 749. The minimum atomic E-state index is -0.854. The number of halogens is 3. The maximum absolute atomic E-state index is 13.3. The predicted octanol–water partition coefficient (Wildman–Crippen LogP) is 3.29. The van der Waals surface area contributed by atoms with Gasteiger partial charge in [0.1, 0.15) is 5.82 Å². The molecule has 1 N–H and O–H groups in total. The Labute approximate surface area is 144 Å². The standard InChI is InChI=1S/C19H19F3N2O/c20-15-3-1-13(2-4-15)9-19(25)23-11-14-7-8-24(12-14)16-5-6-17(21)18(22)10-16/h1-6,10,14H,7-9,11-12H2,(H,23,25). The van der Waals surface area contributed by atoms with Gasteiger partial charge in [-0.2, -0.15) is 0 Å². The summed E-state index contributed by atoms with van der Waals surface area (Å²) in [6.45, 7) is 1.95. The van der Waals surface area contributed by atoms with Crippen molar-refractivity contribution in [1.82, 2.24) is 5.32 Å². The van der Waals surface area contributed by atoms with Crippen molar-refractivity contribution < 1.29 is 18.0 Å². The molecule has 1 aliphatic heterocycles. The SMILES string of the molecule is O=C(Cc1ccc(F)cc1)NCC1CCN(c2ccc(F)c(F)c2)C1. The molecule has 0 saturated carbocycles. The summed E-state index contributed by atoms with van der Waals surface area (Å²) in [4.78, 5) is 14.0. The molecule has 2 aromatic rings. The van der Waals surface area contributed by atoms with Gasteiger partial charge in [0, 0.05) is 31.4 Å². The normalized spacial score (nSPS) is 16.9.